The first kappa shape index (κ1) is 10.8. The van der Waals surface area contributed by atoms with Gasteiger partial charge in [0.25, 0.3) is 0 Å². The van der Waals surface area contributed by atoms with Gasteiger partial charge in [-0.05, 0) is 47.7 Å². The van der Waals surface area contributed by atoms with Crippen LogP contribution < -0.4 is 5.32 Å². The van der Waals surface area contributed by atoms with E-state index in [-0.39, 0.29) is 0 Å². The van der Waals surface area contributed by atoms with Crippen molar-refractivity contribution in [2.24, 2.45) is 0 Å². The molecule has 1 heterocycles. The van der Waals surface area contributed by atoms with Crippen molar-refractivity contribution in [3.05, 3.63) is 63.6 Å². The quantitative estimate of drug-likeness (QED) is 0.767. The molecule has 0 atom stereocenters. The highest BCUT2D eigenvalue weighted by atomic mass is 79.9. The molecule has 0 fully saturated rings. The van der Waals surface area contributed by atoms with Gasteiger partial charge in [-0.25, -0.2) is 0 Å². The van der Waals surface area contributed by atoms with Gasteiger partial charge in [-0.2, -0.15) is 0 Å². The molecular formula is C15H14BrN. The van der Waals surface area contributed by atoms with Crippen LogP contribution in [-0.4, -0.2) is 0 Å². The first-order valence-corrected chi connectivity index (χ1v) is 6.71. The summed E-state index contributed by atoms with van der Waals surface area (Å²) in [5.74, 6) is 0. The summed E-state index contributed by atoms with van der Waals surface area (Å²) in [4.78, 5) is 0. The van der Waals surface area contributed by atoms with E-state index in [0.29, 0.717) is 0 Å². The fourth-order valence-electron chi connectivity index (χ4n) is 2.37. The molecule has 0 aromatic heterocycles. The Bertz CT molecular complexity index is 548. The van der Waals surface area contributed by atoms with E-state index in [1.165, 1.54) is 26.9 Å². The predicted octanol–water partition coefficient (Wildman–Crippen LogP) is 4.16. The normalized spacial score (nSPS) is 13.9. The summed E-state index contributed by atoms with van der Waals surface area (Å²) in [7, 11) is 0. The third kappa shape index (κ3) is 2.22. The van der Waals surface area contributed by atoms with Crippen molar-refractivity contribution >= 4 is 21.6 Å². The third-order valence-corrected chi connectivity index (χ3v) is 3.81. The van der Waals surface area contributed by atoms with Crippen LogP contribution >= 0.6 is 15.9 Å². The van der Waals surface area contributed by atoms with Crippen LogP contribution in [0.25, 0.3) is 0 Å². The molecule has 1 aliphatic rings. The standard InChI is InChI=1S/C15H14BrN/c16-14-8-7-13-10-17-15-4-2-1-3-11(15)5-6-12(13)9-14/h1-4,7-9,17H,5-6,10H2. The van der Waals surface area contributed by atoms with Crippen molar-refractivity contribution in [1.29, 1.82) is 0 Å². The summed E-state index contributed by atoms with van der Waals surface area (Å²) in [6, 6.07) is 15.2. The molecule has 2 heteroatoms. The molecular weight excluding hydrogens is 274 g/mol. The number of nitrogens with one attached hydrogen (secondary N) is 1. The number of halogens is 1. The van der Waals surface area contributed by atoms with Crippen LogP contribution in [0.5, 0.6) is 0 Å². The Hall–Kier alpha value is -1.28. The highest BCUT2D eigenvalue weighted by molar-refractivity contribution is 9.10. The summed E-state index contributed by atoms with van der Waals surface area (Å²) in [6.45, 7) is 0.916. The minimum absolute atomic E-state index is 0.916. The van der Waals surface area contributed by atoms with Crippen LogP contribution in [-0.2, 0) is 19.4 Å². The van der Waals surface area contributed by atoms with Gasteiger partial charge in [0, 0.05) is 16.7 Å². The van der Waals surface area contributed by atoms with Crippen LogP contribution in [0.1, 0.15) is 16.7 Å². The lowest BCUT2D eigenvalue weighted by Gasteiger charge is -2.18. The van der Waals surface area contributed by atoms with Crippen molar-refractivity contribution in [2.45, 2.75) is 19.4 Å². The lowest BCUT2D eigenvalue weighted by atomic mass is 9.97. The van der Waals surface area contributed by atoms with E-state index in [4.69, 9.17) is 0 Å². The Kier molecular flexibility index (Phi) is 2.89. The van der Waals surface area contributed by atoms with E-state index >= 15 is 0 Å². The smallest absolute Gasteiger partial charge is 0.0403 e. The molecule has 0 saturated carbocycles. The summed E-state index contributed by atoms with van der Waals surface area (Å²) in [5.41, 5.74) is 5.54. The maximum atomic E-state index is 3.55. The van der Waals surface area contributed by atoms with Crippen LogP contribution in [0.15, 0.2) is 46.9 Å². The highest BCUT2D eigenvalue weighted by Gasteiger charge is 2.10. The van der Waals surface area contributed by atoms with Crippen molar-refractivity contribution in [2.75, 3.05) is 5.32 Å². The highest BCUT2D eigenvalue weighted by Crippen LogP contribution is 2.25. The summed E-state index contributed by atoms with van der Waals surface area (Å²) >= 11 is 3.55. The Morgan fingerprint density at radius 2 is 1.71 bits per heavy atom. The van der Waals surface area contributed by atoms with Crippen LogP contribution in [0, 0.1) is 0 Å². The molecule has 0 amide bonds. The molecule has 2 aromatic carbocycles. The van der Waals surface area contributed by atoms with Crippen LogP contribution in [0.3, 0.4) is 0 Å². The fraction of sp³-hybridized carbons (Fsp3) is 0.200. The third-order valence-electron chi connectivity index (χ3n) is 3.32. The monoisotopic (exact) mass is 287 g/mol. The molecule has 1 aliphatic heterocycles. The number of aryl methyl sites for hydroxylation is 2. The summed E-state index contributed by atoms with van der Waals surface area (Å²) < 4.78 is 1.17. The zero-order valence-electron chi connectivity index (χ0n) is 9.54. The first-order valence-electron chi connectivity index (χ1n) is 5.92. The van der Waals surface area contributed by atoms with E-state index in [1.54, 1.807) is 0 Å². The van der Waals surface area contributed by atoms with Crippen LogP contribution in [0.2, 0.25) is 0 Å². The second-order valence-electron chi connectivity index (χ2n) is 4.42. The first-order chi connectivity index (χ1) is 8.33. The summed E-state index contributed by atoms with van der Waals surface area (Å²) in [5, 5.41) is 3.53. The Labute approximate surface area is 110 Å². The van der Waals surface area contributed by atoms with Gasteiger partial charge in [0.15, 0.2) is 0 Å². The minimum atomic E-state index is 0.916. The zero-order chi connectivity index (χ0) is 11.7. The molecule has 0 bridgehead atoms. The fourth-order valence-corrected chi connectivity index (χ4v) is 2.78. The SMILES string of the molecule is Brc1ccc2c(c1)CCc1ccccc1NC2. The molecule has 2 aromatic rings. The predicted molar refractivity (Wildman–Crippen MR) is 75.3 cm³/mol. The average Bonchev–Trinajstić information content (AvgIpc) is 2.33. The average molecular weight is 288 g/mol. The van der Waals surface area contributed by atoms with Crippen molar-refractivity contribution in [1.82, 2.24) is 0 Å². The lowest BCUT2D eigenvalue weighted by Crippen LogP contribution is -2.09. The van der Waals surface area contributed by atoms with E-state index in [1.807, 2.05) is 0 Å². The van der Waals surface area contributed by atoms with Crippen molar-refractivity contribution in [3.63, 3.8) is 0 Å². The van der Waals surface area contributed by atoms with Gasteiger partial charge in [-0.3, -0.25) is 0 Å². The number of rotatable bonds is 0. The van der Waals surface area contributed by atoms with Crippen molar-refractivity contribution in [3.8, 4) is 0 Å². The number of hydrogen-bond donors (Lipinski definition) is 1. The second kappa shape index (κ2) is 4.53. The maximum absolute atomic E-state index is 3.55. The van der Waals surface area contributed by atoms with Gasteiger partial charge in [-0.1, -0.05) is 40.2 Å². The van der Waals surface area contributed by atoms with E-state index < -0.39 is 0 Å². The molecule has 0 aliphatic carbocycles. The Balaban J connectivity index is 1.97. The Morgan fingerprint density at radius 1 is 0.882 bits per heavy atom. The molecule has 1 N–H and O–H groups in total. The van der Waals surface area contributed by atoms with Gasteiger partial charge >= 0.3 is 0 Å². The molecule has 0 unspecified atom stereocenters. The number of anilines is 1. The Morgan fingerprint density at radius 3 is 2.65 bits per heavy atom. The lowest BCUT2D eigenvalue weighted by molar-refractivity contribution is 0.910. The molecule has 3 rings (SSSR count). The van der Waals surface area contributed by atoms with Crippen LogP contribution in [0.4, 0.5) is 5.69 Å². The van der Waals surface area contributed by atoms with E-state index in [2.05, 4.69) is 63.7 Å². The minimum Gasteiger partial charge on any atom is -0.381 e. The van der Waals surface area contributed by atoms with Gasteiger partial charge in [0.2, 0.25) is 0 Å². The molecule has 17 heavy (non-hydrogen) atoms. The van der Waals surface area contributed by atoms with E-state index in [0.717, 1.165) is 19.4 Å². The van der Waals surface area contributed by atoms with Gasteiger partial charge in [0.1, 0.15) is 0 Å². The van der Waals surface area contributed by atoms with Crippen molar-refractivity contribution < 1.29 is 0 Å². The van der Waals surface area contributed by atoms with E-state index in [9.17, 15) is 0 Å². The molecule has 0 radical (unpaired) electrons. The molecule has 0 spiro atoms. The zero-order valence-corrected chi connectivity index (χ0v) is 11.1. The molecule has 1 nitrogen and oxygen atoms in total. The molecule has 0 saturated heterocycles. The topological polar surface area (TPSA) is 12.0 Å². The molecule has 86 valence electrons. The maximum Gasteiger partial charge on any atom is 0.0403 e. The second-order valence-corrected chi connectivity index (χ2v) is 5.34. The van der Waals surface area contributed by atoms with Gasteiger partial charge in [-0.15, -0.1) is 0 Å². The number of fused-ring (bicyclic) bond motifs is 2. The largest absolute Gasteiger partial charge is 0.381 e. The van der Waals surface area contributed by atoms with Gasteiger partial charge < -0.3 is 5.32 Å². The number of benzene rings is 2. The summed E-state index contributed by atoms with van der Waals surface area (Å²) in [6.07, 6.45) is 2.22. The number of hydrogen-bond acceptors (Lipinski definition) is 1. The number of para-hydroxylation sites is 1. The van der Waals surface area contributed by atoms with Gasteiger partial charge in [0.05, 0.1) is 0 Å².